The van der Waals surface area contributed by atoms with Crippen LogP contribution in [0.1, 0.15) is 41.3 Å². The zero-order valence-corrected chi connectivity index (χ0v) is 15.2. The fourth-order valence-electron chi connectivity index (χ4n) is 2.33. The maximum absolute atomic E-state index is 12.2. The molecule has 126 valence electrons. The molecule has 0 aliphatic heterocycles. The number of hydrogen-bond donors (Lipinski definition) is 2. The number of anilines is 1. The number of halogens is 2. The van der Waals surface area contributed by atoms with Crippen molar-refractivity contribution < 1.29 is 9.90 Å². The van der Waals surface area contributed by atoms with Crippen LogP contribution >= 0.6 is 23.2 Å². The van der Waals surface area contributed by atoms with Crippen LogP contribution in [0.3, 0.4) is 0 Å². The second-order valence-electron chi connectivity index (χ2n) is 5.88. The first kappa shape index (κ1) is 18.4. The maximum Gasteiger partial charge on any atom is 0.187 e. The average molecular weight is 364 g/mol. The molecule has 0 unspecified atom stereocenters. The predicted octanol–water partition coefficient (Wildman–Crippen LogP) is 5.94. The fourth-order valence-corrected chi connectivity index (χ4v) is 2.85. The molecule has 0 fully saturated rings. The summed E-state index contributed by atoms with van der Waals surface area (Å²) < 4.78 is 0. The van der Waals surface area contributed by atoms with Gasteiger partial charge in [-0.15, -0.1) is 0 Å². The molecule has 0 heterocycles. The monoisotopic (exact) mass is 363 g/mol. The first-order valence-electron chi connectivity index (χ1n) is 7.55. The third kappa shape index (κ3) is 4.53. The molecule has 0 aliphatic carbocycles. The predicted molar refractivity (Wildman–Crippen MR) is 100 cm³/mol. The van der Waals surface area contributed by atoms with E-state index in [-0.39, 0.29) is 17.5 Å². The van der Waals surface area contributed by atoms with Crippen LogP contribution in [-0.2, 0) is 0 Å². The Morgan fingerprint density at radius 1 is 1.12 bits per heavy atom. The number of carbonyl (C=O) groups excluding carboxylic acids is 1. The summed E-state index contributed by atoms with van der Waals surface area (Å²) in [6.07, 6.45) is 2.99. The molecule has 2 N–H and O–H groups in total. The molecule has 0 spiro atoms. The number of hydrogen-bond acceptors (Lipinski definition) is 3. The van der Waals surface area contributed by atoms with Gasteiger partial charge in [-0.25, -0.2) is 0 Å². The van der Waals surface area contributed by atoms with Gasteiger partial charge in [0.2, 0.25) is 0 Å². The Bertz CT molecular complexity index is 778. The van der Waals surface area contributed by atoms with E-state index < -0.39 is 0 Å². The first-order chi connectivity index (χ1) is 11.3. The van der Waals surface area contributed by atoms with Crippen molar-refractivity contribution >= 4 is 34.7 Å². The summed E-state index contributed by atoms with van der Waals surface area (Å²) in [7, 11) is 0. The SMILES string of the molecule is Cc1cc(O)c(C(C)C)cc1N/C=C/C(=O)c1cc(Cl)cc(Cl)c1. The Morgan fingerprint density at radius 3 is 2.33 bits per heavy atom. The van der Waals surface area contributed by atoms with Crippen LogP contribution < -0.4 is 5.32 Å². The lowest BCUT2D eigenvalue weighted by atomic mass is 9.99. The number of benzene rings is 2. The van der Waals surface area contributed by atoms with E-state index in [0.29, 0.717) is 15.6 Å². The van der Waals surface area contributed by atoms with Gasteiger partial charge in [0.15, 0.2) is 5.78 Å². The van der Waals surface area contributed by atoms with Gasteiger partial charge < -0.3 is 10.4 Å². The van der Waals surface area contributed by atoms with Crippen LogP contribution in [0.4, 0.5) is 5.69 Å². The van der Waals surface area contributed by atoms with Crippen LogP contribution in [0.15, 0.2) is 42.6 Å². The van der Waals surface area contributed by atoms with E-state index >= 15 is 0 Å². The van der Waals surface area contributed by atoms with E-state index in [9.17, 15) is 9.90 Å². The Labute approximate surface area is 151 Å². The van der Waals surface area contributed by atoms with Gasteiger partial charge in [-0.05, 0) is 54.3 Å². The molecule has 3 nitrogen and oxygen atoms in total. The second kappa shape index (κ2) is 7.73. The Kier molecular flexibility index (Phi) is 5.92. The Morgan fingerprint density at radius 2 is 1.75 bits per heavy atom. The maximum atomic E-state index is 12.2. The first-order valence-corrected chi connectivity index (χ1v) is 8.30. The summed E-state index contributed by atoms with van der Waals surface area (Å²) in [6, 6.07) is 8.32. The molecule has 24 heavy (non-hydrogen) atoms. The highest BCUT2D eigenvalue weighted by atomic mass is 35.5. The van der Waals surface area contributed by atoms with Crippen molar-refractivity contribution in [2.45, 2.75) is 26.7 Å². The van der Waals surface area contributed by atoms with E-state index in [2.05, 4.69) is 5.32 Å². The summed E-state index contributed by atoms with van der Waals surface area (Å²) >= 11 is 11.8. The zero-order chi connectivity index (χ0) is 17.9. The number of allylic oxidation sites excluding steroid dienone is 1. The molecule has 0 aliphatic rings. The molecule has 5 heteroatoms. The molecule has 0 amide bonds. The van der Waals surface area contributed by atoms with Gasteiger partial charge in [0, 0.05) is 33.6 Å². The van der Waals surface area contributed by atoms with Crippen LogP contribution in [-0.4, -0.2) is 10.9 Å². The lowest BCUT2D eigenvalue weighted by Gasteiger charge is -2.13. The highest BCUT2D eigenvalue weighted by Crippen LogP contribution is 2.31. The molecular formula is C19H19Cl2NO2. The van der Waals surface area contributed by atoms with Gasteiger partial charge in [-0.3, -0.25) is 4.79 Å². The Balaban J connectivity index is 2.16. The second-order valence-corrected chi connectivity index (χ2v) is 6.75. The van der Waals surface area contributed by atoms with E-state index in [4.69, 9.17) is 23.2 Å². The van der Waals surface area contributed by atoms with Gasteiger partial charge in [0.05, 0.1) is 0 Å². The van der Waals surface area contributed by atoms with E-state index in [1.807, 2.05) is 26.8 Å². The van der Waals surface area contributed by atoms with Gasteiger partial charge in [-0.2, -0.15) is 0 Å². The summed E-state index contributed by atoms with van der Waals surface area (Å²) in [4.78, 5) is 12.2. The minimum Gasteiger partial charge on any atom is -0.508 e. The number of ketones is 1. The molecule has 0 atom stereocenters. The molecule has 0 bridgehead atoms. The normalized spacial score (nSPS) is 11.2. The van der Waals surface area contributed by atoms with Crippen molar-refractivity contribution in [2.24, 2.45) is 0 Å². The number of aromatic hydroxyl groups is 1. The molecule has 2 aromatic carbocycles. The van der Waals surface area contributed by atoms with E-state index in [1.54, 1.807) is 30.5 Å². The van der Waals surface area contributed by atoms with Crippen molar-refractivity contribution in [1.82, 2.24) is 0 Å². The van der Waals surface area contributed by atoms with Gasteiger partial charge in [0.25, 0.3) is 0 Å². The van der Waals surface area contributed by atoms with Crippen LogP contribution in [0.5, 0.6) is 5.75 Å². The van der Waals surface area contributed by atoms with Crippen LogP contribution in [0.2, 0.25) is 10.0 Å². The Hall–Kier alpha value is -1.97. The molecule has 2 aromatic rings. The van der Waals surface area contributed by atoms with Crippen molar-refractivity contribution in [3.05, 3.63) is 69.3 Å². The molecule has 0 radical (unpaired) electrons. The number of rotatable bonds is 5. The molecular weight excluding hydrogens is 345 g/mol. The highest BCUT2D eigenvalue weighted by molar-refractivity contribution is 6.35. The number of phenolic OH excluding ortho intramolecular Hbond substituents is 1. The van der Waals surface area contributed by atoms with Crippen molar-refractivity contribution in [3.63, 3.8) is 0 Å². The largest absolute Gasteiger partial charge is 0.508 e. The smallest absolute Gasteiger partial charge is 0.187 e. The average Bonchev–Trinajstić information content (AvgIpc) is 2.47. The minimum atomic E-state index is -0.201. The van der Waals surface area contributed by atoms with E-state index in [1.165, 1.54) is 6.08 Å². The van der Waals surface area contributed by atoms with Crippen molar-refractivity contribution in [3.8, 4) is 5.75 Å². The quantitative estimate of drug-likeness (QED) is 0.392. The van der Waals surface area contributed by atoms with Crippen molar-refractivity contribution in [1.29, 1.82) is 0 Å². The zero-order valence-electron chi connectivity index (χ0n) is 13.7. The van der Waals surface area contributed by atoms with E-state index in [0.717, 1.165) is 16.8 Å². The summed E-state index contributed by atoms with van der Waals surface area (Å²) in [5, 5.41) is 13.9. The number of phenols is 1. The molecule has 0 saturated carbocycles. The minimum absolute atomic E-state index is 0.199. The van der Waals surface area contributed by atoms with Gasteiger partial charge >= 0.3 is 0 Å². The van der Waals surface area contributed by atoms with Gasteiger partial charge in [0.1, 0.15) is 5.75 Å². The summed E-state index contributed by atoms with van der Waals surface area (Å²) in [5.74, 6) is 0.277. The third-order valence-corrected chi connectivity index (χ3v) is 4.05. The number of nitrogens with one attached hydrogen (secondary N) is 1. The van der Waals surface area contributed by atoms with Crippen molar-refractivity contribution in [2.75, 3.05) is 5.32 Å². The van der Waals surface area contributed by atoms with Gasteiger partial charge in [-0.1, -0.05) is 37.0 Å². The van der Waals surface area contributed by atoms with Crippen LogP contribution in [0.25, 0.3) is 0 Å². The van der Waals surface area contributed by atoms with Crippen LogP contribution in [0, 0.1) is 6.92 Å². The number of aryl methyl sites for hydroxylation is 1. The molecule has 0 saturated heterocycles. The highest BCUT2D eigenvalue weighted by Gasteiger charge is 2.09. The summed E-state index contributed by atoms with van der Waals surface area (Å²) in [6.45, 7) is 5.91. The molecule has 0 aromatic heterocycles. The number of carbonyl (C=O) groups is 1. The standard InChI is InChI=1S/C19H19Cl2NO2/c1-11(2)16-10-17(12(3)6-19(16)24)22-5-4-18(23)13-7-14(20)9-15(21)8-13/h4-11,22,24H,1-3H3/b5-4+. The fraction of sp³-hybridized carbons (Fsp3) is 0.211. The molecule has 2 rings (SSSR count). The lowest BCUT2D eigenvalue weighted by Crippen LogP contribution is -1.99. The third-order valence-electron chi connectivity index (χ3n) is 3.62. The lowest BCUT2D eigenvalue weighted by molar-refractivity contribution is 0.104. The topological polar surface area (TPSA) is 49.3 Å². The summed E-state index contributed by atoms with van der Waals surface area (Å²) in [5.41, 5.74) is 3.00.